The van der Waals surface area contributed by atoms with Gasteiger partial charge in [0.25, 0.3) is 0 Å². The summed E-state index contributed by atoms with van der Waals surface area (Å²) < 4.78 is 37.0. The number of nitrogens with two attached hydrogens (primary N) is 1. The van der Waals surface area contributed by atoms with Crippen LogP contribution in [0.25, 0.3) is 6.08 Å². The van der Waals surface area contributed by atoms with Gasteiger partial charge in [-0.2, -0.15) is 13.2 Å². The van der Waals surface area contributed by atoms with E-state index in [2.05, 4.69) is 0 Å². The molecule has 0 spiro atoms. The minimum atomic E-state index is -4.55. The summed E-state index contributed by atoms with van der Waals surface area (Å²) in [7, 11) is 0. The van der Waals surface area contributed by atoms with E-state index in [1.54, 1.807) is 0 Å². The van der Waals surface area contributed by atoms with Crippen molar-refractivity contribution in [3.63, 3.8) is 0 Å². The molecule has 0 aliphatic rings. The molecule has 1 amide bonds. The summed E-state index contributed by atoms with van der Waals surface area (Å²) in [5.74, 6) is -1.31. The van der Waals surface area contributed by atoms with Crippen molar-refractivity contribution >= 4 is 12.0 Å². The van der Waals surface area contributed by atoms with Crippen molar-refractivity contribution in [1.82, 2.24) is 0 Å². The maximum absolute atomic E-state index is 12.3. The Balaban J connectivity index is 3.13. The first-order chi connectivity index (χ1) is 7.29. The first kappa shape index (κ1) is 12.1. The van der Waals surface area contributed by atoms with Crippen LogP contribution in [0.1, 0.15) is 11.1 Å². The van der Waals surface area contributed by atoms with E-state index in [1.165, 1.54) is 0 Å². The van der Waals surface area contributed by atoms with E-state index in [1.807, 2.05) is 0 Å². The molecule has 16 heavy (non-hydrogen) atoms. The van der Waals surface area contributed by atoms with Crippen LogP contribution < -0.4 is 5.73 Å². The quantitative estimate of drug-likeness (QED) is 0.763. The van der Waals surface area contributed by atoms with Gasteiger partial charge in [0.15, 0.2) is 0 Å². The van der Waals surface area contributed by atoms with E-state index in [0.717, 1.165) is 24.3 Å². The third-order valence-corrected chi connectivity index (χ3v) is 1.71. The highest BCUT2D eigenvalue weighted by Crippen LogP contribution is 2.32. The molecule has 1 aromatic carbocycles. The molecule has 0 saturated carbocycles. The van der Waals surface area contributed by atoms with Gasteiger partial charge in [-0.1, -0.05) is 0 Å². The van der Waals surface area contributed by atoms with E-state index in [4.69, 9.17) is 10.8 Å². The summed E-state index contributed by atoms with van der Waals surface area (Å²) >= 11 is 0. The maximum atomic E-state index is 12.3. The number of benzene rings is 1. The summed E-state index contributed by atoms with van der Waals surface area (Å²) in [6.07, 6.45) is -2.54. The number of primary amides is 1. The van der Waals surface area contributed by atoms with E-state index in [9.17, 15) is 18.0 Å². The standard InChI is InChI=1S/C10H8F3NO2/c11-10(12,13)7-3-6(1-2-9(14)16)4-8(15)5-7/h1-5,15H,(H2,14,16). The monoisotopic (exact) mass is 231 g/mol. The van der Waals surface area contributed by atoms with E-state index < -0.39 is 23.4 Å². The van der Waals surface area contributed by atoms with Gasteiger partial charge in [-0.3, -0.25) is 4.79 Å². The first-order valence-corrected chi connectivity index (χ1v) is 4.18. The zero-order valence-corrected chi connectivity index (χ0v) is 7.95. The fourth-order valence-electron chi connectivity index (χ4n) is 1.07. The minimum absolute atomic E-state index is 0.0473. The second kappa shape index (κ2) is 4.26. The number of carbonyl (C=O) groups excluding carboxylic acids is 1. The number of hydrogen-bond donors (Lipinski definition) is 2. The van der Waals surface area contributed by atoms with Crippen molar-refractivity contribution in [2.45, 2.75) is 6.18 Å². The third-order valence-electron chi connectivity index (χ3n) is 1.71. The zero-order valence-electron chi connectivity index (χ0n) is 7.95. The van der Waals surface area contributed by atoms with Crippen molar-refractivity contribution in [3.8, 4) is 5.75 Å². The highest BCUT2D eigenvalue weighted by molar-refractivity contribution is 5.90. The van der Waals surface area contributed by atoms with Crippen molar-refractivity contribution < 1.29 is 23.1 Å². The Kier molecular flexibility index (Phi) is 3.22. The molecule has 0 saturated heterocycles. The van der Waals surface area contributed by atoms with Gasteiger partial charge in [-0.25, -0.2) is 0 Å². The summed E-state index contributed by atoms with van der Waals surface area (Å²) in [6.45, 7) is 0. The molecule has 0 aliphatic heterocycles. The van der Waals surface area contributed by atoms with Crippen LogP contribution in [-0.2, 0) is 11.0 Å². The molecule has 3 nitrogen and oxygen atoms in total. The van der Waals surface area contributed by atoms with Crippen molar-refractivity contribution in [2.75, 3.05) is 0 Å². The van der Waals surface area contributed by atoms with E-state index >= 15 is 0 Å². The largest absolute Gasteiger partial charge is 0.508 e. The molecule has 0 unspecified atom stereocenters. The number of carbonyl (C=O) groups is 1. The Morgan fingerprint density at radius 2 is 1.94 bits per heavy atom. The minimum Gasteiger partial charge on any atom is -0.508 e. The summed E-state index contributed by atoms with van der Waals surface area (Å²) in [6, 6.07) is 2.50. The SMILES string of the molecule is NC(=O)C=Cc1cc(O)cc(C(F)(F)F)c1. The number of phenols is 1. The fourth-order valence-corrected chi connectivity index (χ4v) is 1.07. The first-order valence-electron chi connectivity index (χ1n) is 4.18. The highest BCUT2D eigenvalue weighted by Gasteiger charge is 2.31. The number of aromatic hydroxyl groups is 1. The van der Waals surface area contributed by atoms with Crippen LogP contribution in [0.3, 0.4) is 0 Å². The molecule has 6 heteroatoms. The molecule has 0 aliphatic carbocycles. The predicted molar refractivity (Wildman–Crippen MR) is 51.3 cm³/mol. The zero-order chi connectivity index (χ0) is 12.3. The molecular formula is C10H8F3NO2. The molecule has 86 valence electrons. The average molecular weight is 231 g/mol. The van der Waals surface area contributed by atoms with Crippen LogP contribution in [0.5, 0.6) is 5.75 Å². The molecule has 0 heterocycles. The van der Waals surface area contributed by atoms with Crippen LogP contribution in [-0.4, -0.2) is 11.0 Å². The lowest BCUT2D eigenvalue weighted by molar-refractivity contribution is -0.137. The average Bonchev–Trinajstić information content (AvgIpc) is 2.12. The number of rotatable bonds is 2. The van der Waals surface area contributed by atoms with E-state index in [-0.39, 0.29) is 5.56 Å². The van der Waals surface area contributed by atoms with Gasteiger partial charge < -0.3 is 10.8 Å². The smallest absolute Gasteiger partial charge is 0.416 e. The van der Waals surface area contributed by atoms with Gasteiger partial charge in [-0.05, 0) is 29.8 Å². The molecule has 0 radical (unpaired) electrons. The normalized spacial score (nSPS) is 11.9. The molecule has 1 rings (SSSR count). The number of phenolic OH excluding ortho intramolecular Hbond substituents is 1. The van der Waals surface area contributed by atoms with Gasteiger partial charge in [0, 0.05) is 6.08 Å². The third kappa shape index (κ3) is 3.30. The Labute approximate surface area is 89.0 Å². The second-order valence-electron chi connectivity index (χ2n) is 3.05. The Morgan fingerprint density at radius 3 is 2.44 bits per heavy atom. The van der Waals surface area contributed by atoms with Crippen LogP contribution in [0, 0.1) is 0 Å². The van der Waals surface area contributed by atoms with Gasteiger partial charge in [0.2, 0.25) is 5.91 Å². The van der Waals surface area contributed by atoms with Gasteiger partial charge in [0.05, 0.1) is 5.56 Å². The fraction of sp³-hybridized carbons (Fsp3) is 0.100. The Bertz CT molecular complexity index is 438. The van der Waals surface area contributed by atoms with Gasteiger partial charge in [0.1, 0.15) is 5.75 Å². The van der Waals surface area contributed by atoms with Crippen LogP contribution >= 0.6 is 0 Å². The van der Waals surface area contributed by atoms with Crippen molar-refractivity contribution in [2.24, 2.45) is 5.73 Å². The number of alkyl halides is 3. The topological polar surface area (TPSA) is 63.3 Å². The maximum Gasteiger partial charge on any atom is 0.416 e. The predicted octanol–water partition coefficient (Wildman–Crippen LogP) is 1.91. The van der Waals surface area contributed by atoms with Gasteiger partial charge in [-0.15, -0.1) is 0 Å². The molecule has 0 fully saturated rings. The lowest BCUT2D eigenvalue weighted by Crippen LogP contribution is -2.06. The number of hydrogen-bond acceptors (Lipinski definition) is 2. The highest BCUT2D eigenvalue weighted by atomic mass is 19.4. The molecule has 3 N–H and O–H groups in total. The molecule has 0 atom stereocenters. The van der Waals surface area contributed by atoms with Crippen molar-refractivity contribution in [1.29, 1.82) is 0 Å². The Hall–Kier alpha value is -1.98. The van der Waals surface area contributed by atoms with E-state index in [0.29, 0.717) is 6.07 Å². The van der Waals surface area contributed by atoms with Gasteiger partial charge >= 0.3 is 6.18 Å². The number of halogens is 3. The molecule has 1 aromatic rings. The summed E-state index contributed by atoms with van der Waals surface area (Å²) in [4.78, 5) is 10.4. The van der Waals surface area contributed by atoms with Crippen LogP contribution in [0.15, 0.2) is 24.3 Å². The Morgan fingerprint density at radius 1 is 1.31 bits per heavy atom. The summed E-state index contributed by atoms with van der Waals surface area (Å²) in [5, 5.41) is 9.07. The van der Waals surface area contributed by atoms with Crippen LogP contribution in [0.4, 0.5) is 13.2 Å². The lowest BCUT2D eigenvalue weighted by Gasteiger charge is -2.07. The summed E-state index contributed by atoms with van der Waals surface area (Å²) in [5.41, 5.74) is 3.85. The lowest BCUT2D eigenvalue weighted by atomic mass is 10.1. The van der Waals surface area contributed by atoms with Crippen LogP contribution in [0.2, 0.25) is 0 Å². The van der Waals surface area contributed by atoms with Crippen molar-refractivity contribution in [3.05, 3.63) is 35.4 Å². The molecule has 0 bridgehead atoms. The number of amides is 1. The molecule has 0 aromatic heterocycles. The second-order valence-corrected chi connectivity index (χ2v) is 3.05. The molecular weight excluding hydrogens is 223 g/mol.